The van der Waals surface area contributed by atoms with Gasteiger partial charge in [-0.3, -0.25) is 0 Å². The van der Waals surface area contributed by atoms with E-state index in [9.17, 15) is 13.2 Å². The highest BCUT2D eigenvalue weighted by Gasteiger charge is 2.34. The zero-order valence-corrected chi connectivity index (χ0v) is 13.4. The van der Waals surface area contributed by atoms with E-state index < -0.39 is 11.9 Å². The fraction of sp³-hybridized carbons (Fsp3) is 0.214. The van der Waals surface area contributed by atoms with Crippen molar-refractivity contribution in [3.8, 4) is 11.3 Å². The van der Waals surface area contributed by atoms with Crippen molar-refractivity contribution < 1.29 is 13.2 Å². The number of hydrogen-bond acceptors (Lipinski definition) is 4. The minimum Gasteiger partial charge on any atom is -0.236 e. The van der Waals surface area contributed by atoms with E-state index in [4.69, 9.17) is 11.6 Å². The zero-order valence-electron chi connectivity index (χ0n) is 11.8. The molecule has 0 spiro atoms. The minimum atomic E-state index is -4.51. The van der Waals surface area contributed by atoms with Gasteiger partial charge in [0.15, 0.2) is 11.3 Å². The number of rotatable bonds is 3. The summed E-state index contributed by atoms with van der Waals surface area (Å²) in [6.45, 7) is 1.99. The highest BCUT2D eigenvalue weighted by Crippen LogP contribution is 2.32. The standard InChI is InChI=1S/C14H10ClF3N4S/c1-2-23-9-3-4-11(15)20-13(9)8-6-19-12-5-10(14(16,17)18)21-22(12)7-8/h3-7H,2H2,1H3. The summed E-state index contributed by atoms with van der Waals surface area (Å²) < 4.78 is 39.3. The van der Waals surface area contributed by atoms with Gasteiger partial charge in [0.25, 0.3) is 0 Å². The molecule has 3 heterocycles. The Morgan fingerprint density at radius 3 is 2.78 bits per heavy atom. The summed E-state index contributed by atoms with van der Waals surface area (Å²) in [5, 5.41) is 3.83. The van der Waals surface area contributed by atoms with Gasteiger partial charge in [-0.2, -0.15) is 18.3 Å². The SMILES string of the molecule is CCSc1ccc(Cl)nc1-c1cnc2cc(C(F)(F)F)nn2c1. The normalized spacial score (nSPS) is 12.0. The van der Waals surface area contributed by atoms with Gasteiger partial charge >= 0.3 is 6.18 Å². The molecule has 0 aliphatic carbocycles. The first-order chi connectivity index (χ1) is 10.9. The van der Waals surface area contributed by atoms with Crippen LogP contribution in [0.25, 0.3) is 16.9 Å². The number of nitrogens with zero attached hydrogens (tertiary/aromatic N) is 4. The summed E-state index contributed by atoms with van der Waals surface area (Å²) in [5.74, 6) is 0.825. The monoisotopic (exact) mass is 358 g/mol. The van der Waals surface area contributed by atoms with Crippen LogP contribution in [-0.2, 0) is 6.18 Å². The number of aromatic nitrogens is 4. The number of pyridine rings is 1. The summed E-state index contributed by atoms with van der Waals surface area (Å²) in [6.07, 6.45) is -1.57. The fourth-order valence-electron chi connectivity index (χ4n) is 2.04. The molecule has 0 aliphatic heterocycles. The smallest absolute Gasteiger partial charge is 0.236 e. The van der Waals surface area contributed by atoms with E-state index in [0.717, 1.165) is 21.2 Å². The van der Waals surface area contributed by atoms with Crippen LogP contribution in [0.4, 0.5) is 13.2 Å². The number of thioether (sulfide) groups is 1. The predicted molar refractivity (Wildman–Crippen MR) is 82.6 cm³/mol. The van der Waals surface area contributed by atoms with Crippen molar-refractivity contribution in [2.24, 2.45) is 0 Å². The maximum atomic E-state index is 12.7. The predicted octanol–water partition coefficient (Wildman–Crippen LogP) is 4.58. The average Bonchev–Trinajstić information content (AvgIpc) is 2.92. The maximum absolute atomic E-state index is 12.7. The Labute approximate surface area is 138 Å². The molecule has 4 nitrogen and oxygen atoms in total. The number of fused-ring (bicyclic) bond motifs is 1. The van der Waals surface area contributed by atoms with Crippen molar-refractivity contribution in [3.63, 3.8) is 0 Å². The third kappa shape index (κ3) is 3.28. The molecule has 0 saturated carbocycles. The second kappa shape index (κ2) is 6.01. The van der Waals surface area contributed by atoms with Gasteiger partial charge in [0.2, 0.25) is 0 Å². The van der Waals surface area contributed by atoms with Crippen molar-refractivity contribution >= 4 is 29.0 Å². The van der Waals surface area contributed by atoms with E-state index in [1.165, 1.54) is 12.4 Å². The largest absolute Gasteiger partial charge is 0.435 e. The van der Waals surface area contributed by atoms with Gasteiger partial charge in [0.1, 0.15) is 5.15 Å². The number of halogens is 4. The molecule has 0 fully saturated rings. The Morgan fingerprint density at radius 1 is 1.30 bits per heavy atom. The van der Waals surface area contributed by atoms with E-state index in [0.29, 0.717) is 16.4 Å². The highest BCUT2D eigenvalue weighted by molar-refractivity contribution is 7.99. The first-order valence-electron chi connectivity index (χ1n) is 6.61. The van der Waals surface area contributed by atoms with Gasteiger partial charge in [-0.1, -0.05) is 18.5 Å². The van der Waals surface area contributed by atoms with Gasteiger partial charge in [0.05, 0.1) is 5.69 Å². The van der Waals surface area contributed by atoms with Crippen LogP contribution in [-0.4, -0.2) is 25.3 Å². The molecule has 3 aromatic heterocycles. The van der Waals surface area contributed by atoms with E-state index in [1.54, 1.807) is 17.8 Å². The van der Waals surface area contributed by atoms with Crippen LogP contribution in [0.15, 0.2) is 35.5 Å². The minimum absolute atomic E-state index is 0.118. The van der Waals surface area contributed by atoms with Crippen LogP contribution in [0, 0.1) is 0 Å². The summed E-state index contributed by atoms with van der Waals surface area (Å²) in [7, 11) is 0. The second-order valence-corrected chi connectivity index (χ2v) is 6.28. The Balaban J connectivity index is 2.12. The summed E-state index contributed by atoms with van der Waals surface area (Å²) in [5.41, 5.74) is 0.257. The zero-order chi connectivity index (χ0) is 16.6. The Bertz CT molecular complexity index is 863. The topological polar surface area (TPSA) is 43.1 Å². The van der Waals surface area contributed by atoms with E-state index >= 15 is 0 Å². The van der Waals surface area contributed by atoms with Crippen LogP contribution >= 0.6 is 23.4 Å². The summed E-state index contributed by atoms with van der Waals surface area (Å²) >= 11 is 7.50. The quantitative estimate of drug-likeness (QED) is 0.508. The molecule has 0 aliphatic rings. The molecule has 3 rings (SSSR count). The van der Waals surface area contributed by atoms with Crippen LogP contribution in [0.2, 0.25) is 5.15 Å². The molecule has 23 heavy (non-hydrogen) atoms. The maximum Gasteiger partial charge on any atom is 0.435 e. The lowest BCUT2D eigenvalue weighted by Gasteiger charge is -2.08. The molecule has 0 radical (unpaired) electrons. The van der Waals surface area contributed by atoms with Gasteiger partial charge in [-0.25, -0.2) is 14.5 Å². The van der Waals surface area contributed by atoms with Gasteiger partial charge in [-0.15, -0.1) is 11.8 Å². The van der Waals surface area contributed by atoms with Gasteiger partial charge in [0, 0.05) is 28.9 Å². The summed E-state index contributed by atoms with van der Waals surface area (Å²) in [6, 6.07) is 4.40. The Kier molecular flexibility index (Phi) is 4.20. The van der Waals surface area contributed by atoms with E-state index in [-0.39, 0.29) is 5.65 Å². The molecule has 0 unspecified atom stereocenters. The lowest BCUT2D eigenvalue weighted by atomic mass is 10.2. The molecular formula is C14H10ClF3N4S. The first kappa shape index (κ1) is 16.1. The lowest BCUT2D eigenvalue weighted by Crippen LogP contribution is -2.05. The molecule has 0 atom stereocenters. The molecule has 0 N–H and O–H groups in total. The van der Waals surface area contributed by atoms with Gasteiger partial charge in [-0.05, 0) is 17.9 Å². The number of alkyl halides is 3. The van der Waals surface area contributed by atoms with Crippen molar-refractivity contribution in [1.82, 2.24) is 19.6 Å². The average molecular weight is 359 g/mol. The second-order valence-electron chi connectivity index (χ2n) is 4.59. The Hall–Kier alpha value is -1.80. The number of hydrogen-bond donors (Lipinski definition) is 0. The molecule has 0 bridgehead atoms. The third-order valence-electron chi connectivity index (χ3n) is 3.00. The van der Waals surface area contributed by atoms with Crippen molar-refractivity contribution in [3.05, 3.63) is 41.4 Å². The van der Waals surface area contributed by atoms with Crippen molar-refractivity contribution in [2.75, 3.05) is 5.75 Å². The molecule has 9 heteroatoms. The van der Waals surface area contributed by atoms with Crippen LogP contribution in [0.3, 0.4) is 0 Å². The lowest BCUT2D eigenvalue weighted by molar-refractivity contribution is -0.141. The van der Waals surface area contributed by atoms with Gasteiger partial charge < -0.3 is 0 Å². The van der Waals surface area contributed by atoms with Crippen LogP contribution in [0.5, 0.6) is 0 Å². The first-order valence-corrected chi connectivity index (χ1v) is 7.97. The molecule has 0 aromatic carbocycles. The molecule has 3 aromatic rings. The summed E-state index contributed by atoms with van der Waals surface area (Å²) in [4.78, 5) is 9.17. The van der Waals surface area contributed by atoms with Crippen molar-refractivity contribution in [2.45, 2.75) is 18.0 Å². The van der Waals surface area contributed by atoms with Crippen LogP contribution < -0.4 is 0 Å². The molecular weight excluding hydrogens is 349 g/mol. The molecule has 0 amide bonds. The van der Waals surface area contributed by atoms with Crippen molar-refractivity contribution in [1.29, 1.82) is 0 Å². The van der Waals surface area contributed by atoms with E-state index in [1.807, 2.05) is 13.0 Å². The third-order valence-corrected chi connectivity index (χ3v) is 4.14. The van der Waals surface area contributed by atoms with E-state index in [2.05, 4.69) is 15.1 Å². The molecule has 120 valence electrons. The highest BCUT2D eigenvalue weighted by atomic mass is 35.5. The van der Waals surface area contributed by atoms with Crippen LogP contribution in [0.1, 0.15) is 12.6 Å². The Morgan fingerprint density at radius 2 is 2.09 bits per heavy atom. The fourth-order valence-corrected chi connectivity index (χ4v) is 2.96. The molecule has 0 saturated heterocycles.